The molecule has 0 aromatic rings. The van der Waals surface area contributed by atoms with Gasteiger partial charge in [-0.2, -0.15) is 0 Å². The topological polar surface area (TPSA) is 114 Å². The summed E-state index contributed by atoms with van der Waals surface area (Å²) in [6.45, 7) is 6.67. The molecule has 1 aliphatic heterocycles. The van der Waals surface area contributed by atoms with E-state index in [-0.39, 0.29) is 12.3 Å². The normalized spacial score (nSPS) is 19.9. The average Bonchev–Trinajstić information content (AvgIpc) is 2.72. The number of alkyl carbamates (subject to hydrolysis) is 1. The molecule has 9 heteroatoms. The quantitative estimate of drug-likeness (QED) is 0.553. The van der Waals surface area contributed by atoms with Gasteiger partial charge in [-0.05, 0) is 33.1 Å². The molecule has 2 aliphatic rings. The maximum absolute atomic E-state index is 13.0. The van der Waals surface area contributed by atoms with E-state index in [0.29, 0.717) is 38.6 Å². The molecule has 1 heterocycles. The maximum atomic E-state index is 13.0. The lowest BCUT2D eigenvalue weighted by atomic mass is 9.85. The fraction of sp³-hybridized carbons (Fsp3) is 0.864. The third kappa shape index (κ3) is 9.43. The second-order valence-corrected chi connectivity index (χ2v) is 9.39. The summed E-state index contributed by atoms with van der Waals surface area (Å²) in [6.07, 6.45) is 4.09. The molecule has 31 heavy (non-hydrogen) atoms. The molecule has 178 valence electrons. The predicted molar refractivity (Wildman–Crippen MR) is 113 cm³/mol. The van der Waals surface area contributed by atoms with Crippen molar-refractivity contribution in [2.45, 2.75) is 83.5 Å². The van der Waals surface area contributed by atoms with Crippen LogP contribution in [-0.2, 0) is 23.8 Å². The van der Waals surface area contributed by atoms with E-state index < -0.39 is 36.4 Å². The Bertz CT molecular complexity index is 593. The highest BCUT2D eigenvalue weighted by Crippen LogP contribution is 2.28. The third-order valence-electron chi connectivity index (χ3n) is 5.50. The van der Waals surface area contributed by atoms with Crippen LogP contribution in [0.2, 0.25) is 0 Å². The summed E-state index contributed by atoms with van der Waals surface area (Å²) in [5, 5.41) is 12.1. The Labute approximate surface area is 184 Å². The largest absolute Gasteiger partial charge is 0.460 e. The van der Waals surface area contributed by atoms with Gasteiger partial charge in [-0.15, -0.1) is 0 Å². The van der Waals surface area contributed by atoms with Crippen molar-refractivity contribution in [3.05, 3.63) is 0 Å². The maximum Gasteiger partial charge on any atom is 0.408 e. The Morgan fingerprint density at radius 3 is 2.35 bits per heavy atom. The van der Waals surface area contributed by atoms with Gasteiger partial charge < -0.3 is 29.5 Å². The molecule has 0 spiro atoms. The van der Waals surface area contributed by atoms with Crippen molar-refractivity contribution >= 4 is 18.0 Å². The zero-order valence-corrected chi connectivity index (χ0v) is 19.1. The molecule has 0 unspecified atom stereocenters. The third-order valence-corrected chi connectivity index (χ3v) is 5.50. The molecule has 0 aromatic heterocycles. The summed E-state index contributed by atoms with van der Waals surface area (Å²) in [7, 11) is 0. The molecule has 9 nitrogen and oxygen atoms in total. The van der Waals surface area contributed by atoms with Gasteiger partial charge in [0.25, 0.3) is 5.91 Å². The second-order valence-electron chi connectivity index (χ2n) is 9.39. The van der Waals surface area contributed by atoms with Crippen LogP contribution >= 0.6 is 0 Å². The van der Waals surface area contributed by atoms with E-state index in [4.69, 9.17) is 14.2 Å². The fourth-order valence-electron chi connectivity index (χ4n) is 3.99. The van der Waals surface area contributed by atoms with E-state index in [1.807, 2.05) is 0 Å². The number of aliphatic hydroxyl groups excluding tert-OH is 1. The van der Waals surface area contributed by atoms with Gasteiger partial charge in [0.15, 0.2) is 6.10 Å². The molecular formula is C22H38N2O7. The number of morpholine rings is 1. The van der Waals surface area contributed by atoms with Gasteiger partial charge in [0.2, 0.25) is 0 Å². The lowest BCUT2D eigenvalue weighted by Gasteiger charge is -2.32. The van der Waals surface area contributed by atoms with Gasteiger partial charge in [-0.1, -0.05) is 32.1 Å². The highest BCUT2D eigenvalue weighted by molar-refractivity contribution is 5.84. The van der Waals surface area contributed by atoms with E-state index in [1.165, 1.54) is 6.42 Å². The summed E-state index contributed by atoms with van der Waals surface area (Å²) in [6, 6.07) is -0.851. The number of carbonyl (C=O) groups excluding carboxylic acids is 3. The smallest absolute Gasteiger partial charge is 0.408 e. The summed E-state index contributed by atoms with van der Waals surface area (Å²) in [4.78, 5) is 39.3. The number of nitrogens with zero attached hydrogens (tertiary/aromatic N) is 1. The second kappa shape index (κ2) is 12.2. The van der Waals surface area contributed by atoms with Crippen LogP contribution in [-0.4, -0.2) is 78.6 Å². The van der Waals surface area contributed by atoms with Gasteiger partial charge in [-0.3, -0.25) is 9.59 Å². The zero-order valence-electron chi connectivity index (χ0n) is 19.1. The Balaban J connectivity index is 1.95. The molecule has 1 saturated heterocycles. The van der Waals surface area contributed by atoms with Gasteiger partial charge in [0, 0.05) is 13.1 Å². The molecule has 1 aliphatic carbocycles. The van der Waals surface area contributed by atoms with Crippen molar-refractivity contribution in [2.24, 2.45) is 5.92 Å². The monoisotopic (exact) mass is 442 g/mol. The minimum Gasteiger partial charge on any atom is -0.460 e. The van der Waals surface area contributed by atoms with Crippen LogP contribution in [0.4, 0.5) is 4.79 Å². The van der Waals surface area contributed by atoms with Crippen molar-refractivity contribution in [1.82, 2.24) is 10.2 Å². The lowest BCUT2D eigenvalue weighted by molar-refractivity contribution is -0.155. The van der Waals surface area contributed by atoms with E-state index in [1.54, 1.807) is 25.7 Å². The Kier molecular flexibility index (Phi) is 10.0. The number of amides is 2. The van der Waals surface area contributed by atoms with Crippen molar-refractivity contribution in [3.8, 4) is 0 Å². The first-order chi connectivity index (χ1) is 14.7. The number of ether oxygens (including phenoxy) is 3. The Morgan fingerprint density at radius 2 is 1.77 bits per heavy atom. The first-order valence-electron chi connectivity index (χ1n) is 11.3. The van der Waals surface area contributed by atoms with Crippen LogP contribution in [0, 0.1) is 5.92 Å². The van der Waals surface area contributed by atoms with Crippen LogP contribution in [0.25, 0.3) is 0 Å². The van der Waals surface area contributed by atoms with Crippen LogP contribution in [0.3, 0.4) is 0 Å². The fourth-order valence-corrected chi connectivity index (χ4v) is 3.99. The number of hydrogen-bond donors (Lipinski definition) is 2. The first kappa shape index (κ1) is 25.4. The first-order valence-corrected chi connectivity index (χ1v) is 11.3. The Hall–Kier alpha value is -1.87. The van der Waals surface area contributed by atoms with E-state index in [2.05, 4.69) is 5.32 Å². The highest BCUT2D eigenvalue weighted by Gasteiger charge is 2.32. The van der Waals surface area contributed by atoms with E-state index in [9.17, 15) is 19.5 Å². The molecule has 2 fully saturated rings. The van der Waals surface area contributed by atoms with Crippen LogP contribution < -0.4 is 5.32 Å². The van der Waals surface area contributed by atoms with Crippen molar-refractivity contribution in [1.29, 1.82) is 0 Å². The number of hydrogen-bond acceptors (Lipinski definition) is 7. The summed E-state index contributed by atoms with van der Waals surface area (Å²) in [5.74, 6) is -0.404. The summed E-state index contributed by atoms with van der Waals surface area (Å²) >= 11 is 0. The number of aliphatic hydroxyl groups is 1. The minimum atomic E-state index is -0.887. The zero-order chi connectivity index (χ0) is 22.9. The standard InChI is InChI=1S/C22H38N2O7/c1-22(2,3)31-19(26)14-17(15-25)23-21(28)30-18(13-16-7-5-4-6-8-16)20(27)24-9-11-29-12-10-24/h16-18,25H,4-15H2,1-3H3,(H,23,28)/t17-,18-/m0/s1. The van der Waals surface area contributed by atoms with Gasteiger partial charge in [-0.25, -0.2) is 4.79 Å². The molecule has 2 atom stereocenters. The van der Waals surface area contributed by atoms with Crippen LogP contribution in [0.1, 0.15) is 65.7 Å². The Morgan fingerprint density at radius 1 is 1.13 bits per heavy atom. The SMILES string of the molecule is CC(C)(C)OC(=O)C[C@@H](CO)NC(=O)O[C@@H](CC1CCCCC1)C(=O)N1CCOCC1. The number of carbonyl (C=O) groups is 3. The molecule has 0 aromatic carbocycles. The minimum absolute atomic E-state index is 0.187. The van der Waals surface area contributed by atoms with Gasteiger partial charge in [0.05, 0.1) is 32.3 Å². The van der Waals surface area contributed by atoms with Crippen LogP contribution in [0.5, 0.6) is 0 Å². The molecule has 0 radical (unpaired) electrons. The van der Waals surface area contributed by atoms with E-state index >= 15 is 0 Å². The molecule has 2 rings (SSSR count). The predicted octanol–water partition coefficient (Wildman–Crippen LogP) is 2.00. The molecular weight excluding hydrogens is 404 g/mol. The molecule has 2 amide bonds. The molecule has 2 N–H and O–H groups in total. The van der Waals surface area contributed by atoms with Crippen molar-refractivity contribution in [2.75, 3.05) is 32.9 Å². The van der Waals surface area contributed by atoms with Gasteiger partial charge >= 0.3 is 12.1 Å². The summed E-state index contributed by atoms with van der Waals surface area (Å²) < 4.78 is 16.1. The van der Waals surface area contributed by atoms with Crippen molar-refractivity contribution in [3.63, 3.8) is 0 Å². The highest BCUT2D eigenvalue weighted by atomic mass is 16.6. The molecule has 1 saturated carbocycles. The number of nitrogens with one attached hydrogen (secondary N) is 1. The number of rotatable bonds is 8. The van der Waals surface area contributed by atoms with Crippen LogP contribution in [0.15, 0.2) is 0 Å². The average molecular weight is 443 g/mol. The number of esters is 1. The van der Waals surface area contributed by atoms with E-state index in [0.717, 1.165) is 25.7 Å². The summed E-state index contributed by atoms with van der Waals surface area (Å²) in [5.41, 5.74) is -0.659. The van der Waals surface area contributed by atoms with Gasteiger partial charge in [0.1, 0.15) is 5.60 Å². The molecule has 0 bridgehead atoms. The van der Waals surface area contributed by atoms with Crippen molar-refractivity contribution < 1.29 is 33.7 Å². The lowest BCUT2D eigenvalue weighted by Crippen LogP contribution is -2.49.